The maximum Gasteiger partial charge on any atom is 0.0960 e. The first-order valence-corrected chi connectivity index (χ1v) is 13.1. The van der Waals surface area contributed by atoms with Crippen LogP contribution >= 0.6 is 0 Å². The summed E-state index contributed by atoms with van der Waals surface area (Å²) in [6.07, 6.45) is 5.82. The van der Waals surface area contributed by atoms with Crippen molar-refractivity contribution < 1.29 is 9.84 Å². The summed E-state index contributed by atoms with van der Waals surface area (Å²) >= 11 is 0. The number of nitrogens with zero attached hydrogens (tertiary/aromatic N) is 4. The van der Waals surface area contributed by atoms with Gasteiger partial charge in [0.1, 0.15) is 0 Å². The second-order valence-electron chi connectivity index (χ2n) is 10.8. The van der Waals surface area contributed by atoms with Gasteiger partial charge in [-0.05, 0) is 62.8 Å². The highest BCUT2D eigenvalue weighted by Crippen LogP contribution is 2.42. The zero-order valence-corrected chi connectivity index (χ0v) is 22.0. The maximum absolute atomic E-state index is 10.9. The summed E-state index contributed by atoms with van der Waals surface area (Å²) in [7, 11) is 2.03. The number of pyridine rings is 1. The Bertz CT molecular complexity index is 1550. The minimum atomic E-state index is -0.944. The Morgan fingerprint density at radius 3 is 2.43 bits per heavy atom. The number of aromatic nitrogens is 4. The van der Waals surface area contributed by atoms with E-state index in [1.165, 1.54) is 5.56 Å². The molecule has 0 spiro atoms. The van der Waals surface area contributed by atoms with Crippen LogP contribution in [0.15, 0.2) is 67.1 Å². The molecule has 1 aliphatic rings. The Hall–Kier alpha value is -3.48. The van der Waals surface area contributed by atoms with Crippen molar-refractivity contribution in [3.05, 3.63) is 83.9 Å². The van der Waals surface area contributed by atoms with Crippen LogP contribution in [0, 0.1) is 12.8 Å². The molecule has 1 atom stereocenters. The standard InChI is InChI=1S/C31H34N4O2/c1-20-29(34(4)19-33-20)23-16-27-28(32-18-23)25-11-10-24(31(2,3)36)17-26(25)35(27)30(21-8-6-5-7-9-21)22-12-14-37-15-13-22/h5-11,16-19,22,30,36H,12-15H2,1-4H3/t30-/m1/s1. The molecule has 190 valence electrons. The van der Waals surface area contributed by atoms with E-state index in [2.05, 4.69) is 62.6 Å². The lowest BCUT2D eigenvalue weighted by molar-refractivity contribution is 0.0552. The number of ether oxygens (including phenoxy) is 1. The van der Waals surface area contributed by atoms with E-state index < -0.39 is 5.60 Å². The fraction of sp³-hybridized carbons (Fsp3) is 0.355. The van der Waals surface area contributed by atoms with Crippen LogP contribution in [0.4, 0.5) is 0 Å². The third-order valence-electron chi connectivity index (χ3n) is 7.87. The van der Waals surface area contributed by atoms with Crippen LogP contribution < -0.4 is 0 Å². The van der Waals surface area contributed by atoms with Gasteiger partial charge in [-0.25, -0.2) is 4.98 Å². The van der Waals surface area contributed by atoms with Crippen molar-refractivity contribution in [2.45, 2.75) is 45.3 Å². The SMILES string of the molecule is Cc1ncn(C)c1-c1cnc2c3ccc(C(C)(C)O)cc3n([C@H](c3ccccc3)C3CCOCC3)c2c1. The fourth-order valence-electron chi connectivity index (χ4n) is 5.99. The summed E-state index contributed by atoms with van der Waals surface area (Å²) < 4.78 is 10.3. The zero-order chi connectivity index (χ0) is 25.7. The molecule has 0 aliphatic carbocycles. The second-order valence-corrected chi connectivity index (χ2v) is 10.8. The summed E-state index contributed by atoms with van der Waals surface area (Å²) in [5.74, 6) is 0.419. The van der Waals surface area contributed by atoms with Gasteiger partial charge in [0.25, 0.3) is 0 Å². The van der Waals surface area contributed by atoms with Gasteiger partial charge in [0, 0.05) is 37.4 Å². The van der Waals surface area contributed by atoms with Crippen LogP contribution in [0.3, 0.4) is 0 Å². The van der Waals surface area contributed by atoms with E-state index in [1.54, 1.807) is 0 Å². The van der Waals surface area contributed by atoms with Crippen LogP contribution in [-0.4, -0.2) is 37.4 Å². The Morgan fingerprint density at radius 1 is 1.00 bits per heavy atom. The van der Waals surface area contributed by atoms with E-state index >= 15 is 0 Å². The molecular weight excluding hydrogens is 460 g/mol. The molecule has 1 N–H and O–H groups in total. The Morgan fingerprint density at radius 2 is 1.76 bits per heavy atom. The Labute approximate surface area is 217 Å². The molecule has 1 fully saturated rings. The molecule has 5 aromatic rings. The summed E-state index contributed by atoms with van der Waals surface area (Å²) in [5.41, 5.74) is 7.52. The lowest BCUT2D eigenvalue weighted by Crippen LogP contribution is -2.27. The Balaban J connectivity index is 1.69. The number of fused-ring (bicyclic) bond motifs is 3. The van der Waals surface area contributed by atoms with Crippen LogP contribution in [0.25, 0.3) is 33.2 Å². The largest absolute Gasteiger partial charge is 0.386 e. The highest BCUT2D eigenvalue weighted by molar-refractivity contribution is 6.07. The molecule has 0 radical (unpaired) electrons. The van der Waals surface area contributed by atoms with E-state index in [0.717, 1.165) is 70.5 Å². The smallest absolute Gasteiger partial charge is 0.0960 e. The normalized spacial score (nSPS) is 16.0. The van der Waals surface area contributed by atoms with Crippen molar-refractivity contribution in [1.82, 2.24) is 19.1 Å². The minimum Gasteiger partial charge on any atom is -0.386 e. The third kappa shape index (κ3) is 4.14. The number of aryl methyl sites for hydroxylation is 2. The molecule has 0 bridgehead atoms. The lowest BCUT2D eigenvalue weighted by Gasteiger charge is -2.33. The maximum atomic E-state index is 10.9. The predicted octanol–water partition coefficient (Wildman–Crippen LogP) is 6.14. The van der Waals surface area contributed by atoms with Crippen LogP contribution in [0.2, 0.25) is 0 Å². The molecule has 6 heteroatoms. The molecule has 6 nitrogen and oxygen atoms in total. The first-order valence-electron chi connectivity index (χ1n) is 13.1. The lowest BCUT2D eigenvalue weighted by atomic mass is 9.86. The summed E-state index contributed by atoms with van der Waals surface area (Å²) in [5, 5.41) is 12.0. The number of hydrogen-bond acceptors (Lipinski definition) is 4. The van der Waals surface area contributed by atoms with Crippen molar-refractivity contribution >= 4 is 21.9 Å². The molecule has 37 heavy (non-hydrogen) atoms. The van der Waals surface area contributed by atoms with Gasteiger partial charge in [0.05, 0.1) is 45.9 Å². The molecular formula is C31H34N4O2. The van der Waals surface area contributed by atoms with Crippen LogP contribution in [0.1, 0.15) is 49.6 Å². The van der Waals surface area contributed by atoms with E-state index in [-0.39, 0.29) is 6.04 Å². The van der Waals surface area contributed by atoms with E-state index in [9.17, 15) is 5.11 Å². The first-order chi connectivity index (χ1) is 17.8. The van der Waals surface area contributed by atoms with Gasteiger partial charge in [-0.15, -0.1) is 0 Å². The van der Waals surface area contributed by atoms with Crippen LogP contribution in [0.5, 0.6) is 0 Å². The van der Waals surface area contributed by atoms with Gasteiger partial charge in [-0.1, -0.05) is 42.5 Å². The topological polar surface area (TPSA) is 65.1 Å². The highest BCUT2D eigenvalue weighted by Gasteiger charge is 2.31. The van der Waals surface area contributed by atoms with Crippen molar-refractivity contribution in [2.24, 2.45) is 13.0 Å². The van der Waals surface area contributed by atoms with E-state index in [4.69, 9.17) is 9.72 Å². The number of rotatable bonds is 5. The average Bonchev–Trinajstić information content (AvgIpc) is 3.40. The van der Waals surface area contributed by atoms with E-state index in [1.807, 2.05) is 46.4 Å². The third-order valence-corrected chi connectivity index (χ3v) is 7.87. The van der Waals surface area contributed by atoms with Gasteiger partial charge < -0.3 is 19.0 Å². The molecule has 4 heterocycles. The van der Waals surface area contributed by atoms with Gasteiger partial charge >= 0.3 is 0 Å². The molecule has 3 aromatic heterocycles. The van der Waals surface area contributed by atoms with Crippen molar-refractivity contribution in [3.63, 3.8) is 0 Å². The molecule has 0 unspecified atom stereocenters. The van der Waals surface area contributed by atoms with Crippen LogP contribution in [-0.2, 0) is 17.4 Å². The van der Waals surface area contributed by atoms with Gasteiger partial charge in [0.15, 0.2) is 0 Å². The minimum absolute atomic E-state index is 0.117. The predicted molar refractivity (Wildman–Crippen MR) is 148 cm³/mol. The summed E-state index contributed by atoms with van der Waals surface area (Å²) in [6, 6.07) is 19.5. The average molecular weight is 495 g/mol. The molecule has 2 aromatic carbocycles. The monoisotopic (exact) mass is 494 g/mol. The number of aliphatic hydroxyl groups is 1. The second kappa shape index (κ2) is 9.12. The van der Waals surface area contributed by atoms with Crippen molar-refractivity contribution in [2.75, 3.05) is 13.2 Å². The molecule has 1 aliphatic heterocycles. The van der Waals surface area contributed by atoms with Gasteiger partial charge in [0.2, 0.25) is 0 Å². The zero-order valence-electron chi connectivity index (χ0n) is 22.0. The number of hydrogen-bond donors (Lipinski definition) is 1. The first kappa shape index (κ1) is 23.9. The molecule has 6 rings (SSSR count). The quantitative estimate of drug-likeness (QED) is 0.319. The highest BCUT2D eigenvalue weighted by atomic mass is 16.5. The number of benzene rings is 2. The fourth-order valence-corrected chi connectivity index (χ4v) is 5.99. The number of imidazole rings is 1. The van der Waals surface area contributed by atoms with Crippen molar-refractivity contribution in [3.8, 4) is 11.3 Å². The van der Waals surface area contributed by atoms with Crippen molar-refractivity contribution in [1.29, 1.82) is 0 Å². The van der Waals surface area contributed by atoms with Gasteiger partial charge in [-0.3, -0.25) is 4.98 Å². The van der Waals surface area contributed by atoms with E-state index in [0.29, 0.717) is 5.92 Å². The Kier molecular flexibility index (Phi) is 5.89. The molecule has 1 saturated heterocycles. The molecule has 0 saturated carbocycles. The van der Waals surface area contributed by atoms with Gasteiger partial charge in [-0.2, -0.15) is 0 Å². The summed E-state index contributed by atoms with van der Waals surface area (Å²) in [6.45, 7) is 7.28. The summed E-state index contributed by atoms with van der Waals surface area (Å²) in [4.78, 5) is 9.55. The molecule has 0 amide bonds.